The summed E-state index contributed by atoms with van der Waals surface area (Å²) in [5.41, 5.74) is 2.50. The largest absolute Gasteiger partial charge is 0.307 e. The van der Waals surface area contributed by atoms with Gasteiger partial charge in [0.05, 0.1) is 0 Å². The minimum absolute atomic E-state index is 0.552. The highest BCUT2D eigenvalue weighted by atomic mass is 15.1. The van der Waals surface area contributed by atoms with E-state index in [0.717, 1.165) is 6.54 Å². The molecule has 1 fully saturated rings. The molecule has 0 amide bonds. The Bertz CT molecular complexity index is 207. The fourth-order valence-electron chi connectivity index (χ4n) is 0.928. The highest BCUT2D eigenvalue weighted by molar-refractivity contribution is 5.36. The molecular weight excluding hydrogens is 134 g/mol. The minimum atomic E-state index is 0.552. The number of hydrogen-bond acceptors (Lipinski definition) is 1. The second kappa shape index (κ2) is 3.54. The molecular formula is C10H15N. The van der Waals surface area contributed by atoms with Gasteiger partial charge >= 0.3 is 0 Å². The summed E-state index contributed by atoms with van der Waals surface area (Å²) >= 11 is 0. The number of nitrogens with one attached hydrogen (secondary N) is 1. The number of hydrogen-bond donors (Lipinski definition) is 1. The molecule has 0 aliphatic carbocycles. The Kier molecular flexibility index (Phi) is 2.66. The van der Waals surface area contributed by atoms with Crippen molar-refractivity contribution in [2.24, 2.45) is 0 Å². The van der Waals surface area contributed by atoms with E-state index in [4.69, 9.17) is 0 Å². The smallest absolute Gasteiger partial charge is 0.0444 e. The highest BCUT2D eigenvalue weighted by Gasteiger charge is 2.23. The molecule has 1 atom stereocenters. The van der Waals surface area contributed by atoms with Gasteiger partial charge in [-0.2, -0.15) is 0 Å². The van der Waals surface area contributed by atoms with Gasteiger partial charge in [-0.15, -0.1) is 0 Å². The van der Waals surface area contributed by atoms with Crippen LogP contribution in [-0.2, 0) is 0 Å². The van der Waals surface area contributed by atoms with E-state index in [1.165, 1.54) is 11.1 Å². The van der Waals surface area contributed by atoms with Crippen molar-refractivity contribution in [1.82, 2.24) is 5.32 Å². The molecule has 0 radical (unpaired) electrons. The Morgan fingerprint density at radius 1 is 1.64 bits per heavy atom. The quantitative estimate of drug-likeness (QED) is 0.481. The van der Waals surface area contributed by atoms with Crippen molar-refractivity contribution in [3.05, 3.63) is 36.0 Å². The van der Waals surface area contributed by atoms with Crippen molar-refractivity contribution in [2.45, 2.75) is 19.9 Å². The van der Waals surface area contributed by atoms with Crippen LogP contribution in [0.15, 0.2) is 36.0 Å². The number of allylic oxidation sites excluding steroid dienone is 3. The molecule has 0 saturated carbocycles. The van der Waals surface area contributed by atoms with Crippen molar-refractivity contribution in [1.29, 1.82) is 0 Å². The lowest BCUT2D eigenvalue weighted by Gasteiger charge is -2.00. The summed E-state index contributed by atoms with van der Waals surface area (Å²) in [5, 5.41) is 3.23. The first-order valence-electron chi connectivity index (χ1n) is 3.98. The van der Waals surface area contributed by atoms with Crippen molar-refractivity contribution in [2.75, 3.05) is 6.54 Å². The van der Waals surface area contributed by atoms with Crippen LogP contribution in [-0.4, -0.2) is 12.6 Å². The van der Waals surface area contributed by atoms with Gasteiger partial charge in [0.1, 0.15) is 0 Å². The summed E-state index contributed by atoms with van der Waals surface area (Å²) in [6.45, 7) is 9.22. The van der Waals surface area contributed by atoms with Gasteiger partial charge < -0.3 is 5.32 Å². The zero-order valence-electron chi connectivity index (χ0n) is 7.22. The molecule has 0 unspecified atom stereocenters. The Balaban J connectivity index is 2.50. The topological polar surface area (TPSA) is 21.9 Å². The highest BCUT2D eigenvalue weighted by Crippen LogP contribution is 2.17. The van der Waals surface area contributed by atoms with E-state index in [0.29, 0.717) is 6.04 Å². The number of rotatable bonds is 3. The average Bonchev–Trinajstić information content (AvgIpc) is 2.81. The average molecular weight is 149 g/mol. The van der Waals surface area contributed by atoms with Crippen molar-refractivity contribution < 1.29 is 0 Å². The van der Waals surface area contributed by atoms with Gasteiger partial charge in [-0.25, -0.2) is 0 Å². The van der Waals surface area contributed by atoms with Crippen LogP contribution >= 0.6 is 0 Å². The molecule has 1 N–H and O–H groups in total. The first-order chi connectivity index (χ1) is 5.25. The van der Waals surface area contributed by atoms with E-state index < -0.39 is 0 Å². The fraction of sp³-hybridized carbons (Fsp3) is 0.400. The molecule has 0 bridgehead atoms. The van der Waals surface area contributed by atoms with Crippen LogP contribution in [0.25, 0.3) is 0 Å². The predicted octanol–water partition coefficient (Wildman–Crippen LogP) is 2.04. The fourth-order valence-corrected chi connectivity index (χ4v) is 0.928. The first kappa shape index (κ1) is 8.28. The zero-order chi connectivity index (χ0) is 8.27. The minimum Gasteiger partial charge on any atom is -0.307 e. The SMILES string of the molecule is C=C(/C(C)=C\C=C/C)[C@H]1CN1. The molecule has 1 aliphatic rings. The summed E-state index contributed by atoms with van der Waals surface area (Å²) in [6.07, 6.45) is 6.17. The lowest BCUT2D eigenvalue weighted by Crippen LogP contribution is -1.95. The summed E-state index contributed by atoms with van der Waals surface area (Å²) < 4.78 is 0. The normalized spacial score (nSPS) is 24.2. The van der Waals surface area contributed by atoms with E-state index in [9.17, 15) is 0 Å². The van der Waals surface area contributed by atoms with Crippen molar-refractivity contribution in [3.63, 3.8) is 0 Å². The van der Waals surface area contributed by atoms with Gasteiger partial charge in [0.25, 0.3) is 0 Å². The molecule has 1 nitrogen and oxygen atoms in total. The zero-order valence-corrected chi connectivity index (χ0v) is 7.22. The van der Waals surface area contributed by atoms with Crippen LogP contribution in [0.1, 0.15) is 13.8 Å². The lowest BCUT2D eigenvalue weighted by atomic mass is 10.1. The van der Waals surface area contributed by atoms with Gasteiger partial charge in [-0.1, -0.05) is 24.8 Å². The molecule has 11 heavy (non-hydrogen) atoms. The van der Waals surface area contributed by atoms with Gasteiger partial charge in [0.15, 0.2) is 0 Å². The van der Waals surface area contributed by atoms with Crippen LogP contribution < -0.4 is 5.32 Å². The van der Waals surface area contributed by atoms with Crippen LogP contribution in [0, 0.1) is 0 Å². The molecule has 1 heterocycles. The Morgan fingerprint density at radius 3 is 2.73 bits per heavy atom. The van der Waals surface area contributed by atoms with E-state index >= 15 is 0 Å². The molecule has 0 aromatic carbocycles. The lowest BCUT2D eigenvalue weighted by molar-refractivity contribution is 1.11. The Hall–Kier alpha value is -0.820. The van der Waals surface area contributed by atoms with Gasteiger partial charge in [-0.05, 0) is 25.0 Å². The molecule has 0 spiro atoms. The Labute approximate surface area is 68.5 Å². The monoisotopic (exact) mass is 149 g/mol. The first-order valence-corrected chi connectivity index (χ1v) is 3.98. The Morgan fingerprint density at radius 2 is 2.27 bits per heavy atom. The molecule has 1 heteroatoms. The third-order valence-electron chi connectivity index (χ3n) is 1.87. The van der Waals surface area contributed by atoms with Gasteiger partial charge in [-0.3, -0.25) is 0 Å². The molecule has 1 aliphatic heterocycles. The summed E-state index contributed by atoms with van der Waals surface area (Å²) in [7, 11) is 0. The molecule has 0 aromatic heterocycles. The van der Waals surface area contributed by atoms with E-state index in [1.54, 1.807) is 0 Å². The molecule has 1 saturated heterocycles. The maximum Gasteiger partial charge on any atom is 0.0444 e. The second-order valence-electron chi connectivity index (χ2n) is 2.86. The third kappa shape index (κ3) is 2.35. The van der Waals surface area contributed by atoms with E-state index in [-0.39, 0.29) is 0 Å². The van der Waals surface area contributed by atoms with Crippen LogP contribution in [0.3, 0.4) is 0 Å². The maximum atomic E-state index is 4.00. The second-order valence-corrected chi connectivity index (χ2v) is 2.86. The summed E-state index contributed by atoms with van der Waals surface area (Å²) in [6, 6.07) is 0.552. The molecule has 60 valence electrons. The molecule has 0 aromatic rings. The van der Waals surface area contributed by atoms with Crippen LogP contribution in [0.2, 0.25) is 0 Å². The predicted molar refractivity (Wildman–Crippen MR) is 49.5 cm³/mol. The third-order valence-corrected chi connectivity index (χ3v) is 1.87. The molecule has 1 rings (SSSR count). The van der Waals surface area contributed by atoms with E-state index in [1.807, 2.05) is 19.1 Å². The van der Waals surface area contributed by atoms with Crippen molar-refractivity contribution >= 4 is 0 Å². The summed E-state index contributed by atoms with van der Waals surface area (Å²) in [5.74, 6) is 0. The van der Waals surface area contributed by atoms with Gasteiger partial charge in [0, 0.05) is 12.6 Å². The van der Waals surface area contributed by atoms with E-state index in [2.05, 4.69) is 24.9 Å². The van der Waals surface area contributed by atoms with Crippen molar-refractivity contribution in [3.8, 4) is 0 Å². The summed E-state index contributed by atoms with van der Waals surface area (Å²) in [4.78, 5) is 0. The van der Waals surface area contributed by atoms with Crippen LogP contribution in [0.5, 0.6) is 0 Å². The van der Waals surface area contributed by atoms with Gasteiger partial charge in [0.2, 0.25) is 0 Å². The standard InChI is InChI=1S/C10H15N/c1-4-5-6-8(2)9(3)10-7-11-10/h4-6,10-11H,3,7H2,1-2H3/b5-4-,8-6-/t10-/m1/s1. The van der Waals surface area contributed by atoms with Crippen LogP contribution in [0.4, 0.5) is 0 Å². The maximum absolute atomic E-state index is 4.00.